The number of hydrogen-bond acceptors (Lipinski definition) is 3. The Bertz CT molecular complexity index is 809. The zero-order valence-electron chi connectivity index (χ0n) is 12.3. The van der Waals surface area contributed by atoms with Gasteiger partial charge in [0.2, 0.25) is 0 Å². The van der Waals surface area contributed by atoms with Crippen molar-refractivity contribution >= 4 is 28.0 Å². The first-order valence-corrected chi connectivity index (χ1v) is 8.47. The lowest BCUT2D eigenvalue weighted by molar-refractivity contribution is -0.113. The van der Waals surface area contributed by atoms with E-state index < -0.39 is 16.9 Å². The molecule has 1 atom stereocenters. The maximum absolute atomic E-state index is 14.1. The van der Waals surface area contributed by atoms with Gasteiger partial charge in [-0.2, -0.15) is 0 Å². The summed E-state index contributed by atoms with van der Waals surface area (Å²) in [5.74, 6) is -0.512. The SMILES string of the molecule is O=C1CCC(c2ccc(CS(=O)[O-])cc2)=C1c1ccccc1F. The molecular formula is C18H14FO3S-. The molecule has 0 fully saturated rings. The quantitative estimate of drug-likeness (QED) is 0.807. The number of Topliss-reactive ketones (excluding diaryl/α,β-unsaturated/α-hetero) is 1. The van der Waals surface area contributed by atoms with Crippen molar-refractivity contribution in [1.82, 2.24) is 0 Å². The molecule has 0 spiro atoms. The average molecular weight is 329 g/mol. The van der Waals surface area contributed by atoms with Crippen molar-refractivity contribution in [1.29, 1.82) is 0 Å². The van der Waals surface area contributed by atoms with Gasteiger partial charge in [0.15, 0.2) is 5.78 Å². The van der Waals surface area contributed by atoms with Crippen molar-refractivity contribution in [2.45, 2.75) is 18.6 Å². The fourth-order valence-electron chi connectivity index (χ4n) is 2.86. The number of carbonyl (C=O) groups is 1. The van der Waals surface area contributed by atoms with Crippen LogP contribution in [0.1, 0.15) is 29.5 Å². The van der Waals surface area contributed by atoms with E-state index in [1.54, 1.807) is 42.5 Å². The predicted octanol–water partition coefficient (Wildman–Crippen LogP) is 3.48. The average Bonchev–Trinajstić information content (AvgIpc) is 2.90. The summed E-state index contributed by atoms with van der Waals surface area (Å²) in [6, 6.07) is 13.3. The molecule has 23 heavy (non-hydrogen) atoms. The number of benzene rings is 2. The first-order valence-electron chi connectivity index (χ1n) is 7.22. The van der Waals surface area contributed by atoms with Gasteiger partial charge in [-0.15, -0.1) is 0 Å². The summed E-state index contributed by atoms with van der Waals surface area (Å²) < 4.78 is 35.5. The number of rotatable bonds is 4. The molecule has 0 bridgehead atoms. The molecule has 2 aromatic carbocycles. The standard InChI is InChI=1S/C18H15FO3S/c19-16-4-2-1-3-15(16)18-14(9-10-17(18)20)13-7-5-12(6-8-13)11-23(21)22/h1-8H,9-11H2,(H,21,22)/p-1. The van der Waals surface area contributed by atoms with Crippen molar-refractivity contribution in [3.63, 3.8) is 0 Å². The van der Waals surface area contributed by atoms with E-state index in [0.29, 0.717) is 29.5 Å². The molecule has 0 saturated heterocycles. The van der Waals surface area contributed by atoms with Crippen LogP contribution in [0.15, 0.2) is 48.5 Å². The van der Waals surface area contributed by atoms with Crippen molar-refractivity contribution in [3.05, 3.63) is 71.0 Å². The third kappa shape index (κ3) is 3.30. The Morgan fingerprint density at radius 1 is 1.04 bits per heavy atom. The van der Waals surface area contributed by atoms with Gasteiger partial charge >= 0.3 is 0 Å². The van der Waals surface area contributed by atoms with Crippen molar-refractivity contribution < 1.29 is 17.9 Å². The summed E-state index contributed by atoms with van der Waals surface area (Å²) in [5.41, 5.74) is 3.09. The summed E-state index contributed by atoms with van der Waals surface area (Å²) in [7, 11) is 0. The van der Waals surface area contributed by atoms with Gasteiger partial charge in [-0.05, 0) is 29.2 Å². The third-order valence-corrected chi connectivity index (χ3v) is 4.48. The summed E-state index contributed by atoms with van der Waals surface area (Å²) in [4.78, 5) is 12.2. The smallest absolute Gasteiger partial charge is 0.164 e. The number of hydrogen-bond donors (Lipinski definition) is 0. The topological polar surface area (TPSA) is 57.2 Å². The lowest BCUT2D eigenvalue weighted by Crippen LogP contribution is -1.99. The minimum absolute atomic E-state index is 0.0432. The summed E-state index contributed by atoms with van der Waals surface area (Å²) in [6.45, 7) is 0. The second kappa shape index (κ2) is 6.56. The molecule has 1 aliphatic carbocycles. The molecule has 118 valence electrons. The van der Waals surface area contributed by atoms with E-state index in [0.717, 1.165) is 11.1 Å². The van der Waals surface area contributed by atoms with Gasteiger partial charge < -0.3 is 4.55 Å². The molecule has 5 heteroatoms. The van der Waals surface area contributed by atoms with E-state index in [-0.39, 0.29) is 11.5 Å². The maximum Gasteiger partial charge on any atom is 0.164 e. The molecule has 2 aromatic rings. The van der Waals surface area contributed by atoms with E-state index in [1.807, 2.05) is 0 Å². The van der Waals surface area contributed by atoms with Crippen LogP contribution in [0.2, 0.25) is 0 Å². The number of ketones is 1. The second-order valence-corrected chi connectivity index (χ2v) is 6.30. The maximum atomic E-state index is 14.1. The van der Waals surface area contributed by atoms with Crippen molar-refractivity contribution in [2.24, 2.45) is 0 Å². The highest BCUT2D eigenvalue weighted by atomic mass is 32.2. The molecule has 0 aromatic heterocycles. The molecule has 0 saturated carbocycles. The first kappa shape index (κ1) is 15.8. The third-order valence-electron chi connectivity index (χ3n) is 3.91. The molecule has 0 N–H and O–H groups in total. The molecule has 0 amide bonds. The highest BCUT2D eigenvalue weighted by molar-refractivity contribution is 7.78. The van der Waals surface area contributed by atoms with Crippen LogP contribution in [0.5, 0.6) is 0 Å². The van der Waals surface area contributed by atoms with Gasteiger partial charge in [0.25, 0.3) is 0 Å². The molecule has 0 heterocycles. The number of halogens is 1. The summed E-state index contributed by atoms with van der Waals surface area (Å²) in [5, 5.41) is 0. The van der Waals surface area contributed by atoms with Crippen LogP contribution in [-0.4, -0.2) is 14.5 Å². The van der Waals surface area contributed by atoms with Crippen LogP contribution in [-0.2, 0) is 21.6 Å². The lowest BCUT2D eigenvalue weighted by atomic mass is 9.96. The molecule has 1 unspecified atom stereocenters. The largest absolute Gasteiger partial charge is 0.772 e. The van der Waals surface area contributed by atoms with Crippen molar-refractivity contribution in [3.8, 4) is 0 Å². The van der Waals surface area contributed by atoms with Gasteiger partial charge in [-0.1, -0.05) is 53.5 Å². The minimum Gasteiger partial charge on any atom is -0.772 e. The molecule has 3 rings (SSSR count). The van der Waals surface area contributed by atoms with Crippen LogP contribution < -0.4 is 0 Å². The zero-order valence-corrected chi connectivity index (χ0v) is 13.1. The van der Waals surface area contributed by atoms with Crippen molar-refractivity contribution in [2.75, 3.05) is 0 Å². The van der Waals surface area contributed by atoms with Gasteiger partial charge in [-0.3, -0.25) is 9.00 Å². The normalized spacial score (nSPS) is 16.0. The lowest BCUT2D eigenvalue weighted by Gasteiger charge is -2.10. The molecule has 3 nitrogen and oxygen atoms in total. The van der Waals surface area contributed by atoms with Gasteiger partial charge in [-0.25, -0.2) is 4.39 Å². The Labute approximate surface area is 136 Å². The first-order chi connectivity index (χ1) is 11.1. The fourth-order valence-corrected chi connectivity index (χ4v) is 3.33. The minimum atomic E-state index is -2.14. The van der Waals surface area contributed by atoms with E-state index in [2.05, 4.69) is 0 Å². The van der Waals surface area contributed by atoms with Crippen LogP contribution >= 0.6 is 0 Å². The highest BCUT2D eigenvalue weighted by Crippen LogP contribution is 2.38. The van der Waals surface area contributed by atoms with E-state index in [4.69, 9.17) is 0 Å². The zero-order chi connectivity index (χ0) is 16.4. The van der Waals surface area contributed by atoms with Crippen LogP contribution in [0.3, 0.4) is 0 Å². The number of carbonyl (C=O) groups excluding carboxylic acids is 1. The predicted molar refractivity (Wildman–Crippen MR) is 86.5 cm³/mol. The number of allylic oxidation sites excluding steroid dienone is 2. The summed E-state index contributed by atoms with van der Waals surface area (Å²) >= 11 is -2.14. The Morgan fingerprint density at radius 2 is 1.74 bits per heavy atom. The Hall–Kier alpha value is -2.11. The van der Waals surface area contributed by atoms with Crippen LogP contribution in [0, 0.1) is 5.82 Å². The highest BCUT2D eigenvalue weighted by Gasteiger charge is 2.26. The Balaban J connectivity index is 2.04. The van der Waals surface area contributed by atoms with E-state index in [9.17, 15) is 17.9 Å². The molecule has 0 aliphatic heterocycles. The molecule has 0 radical (unpaired) electrons. The Kier molecular flexibility index (Phi) is 4.50. The van der Waals surface area contributed by atoms with Gasteiger partial charge in [0.05, 0.1) is 0 Å². The van der Waals surface area contributed by atoms with Crippen LogP contribution in [0.4, 0.5) is 4.39 Å². The van der Waals surface area contributed by atoms with Crippen LogP contribution in [0.25, 0.3) is 11.1 Å². The van der Waals surface area contributed by atoms with Gasteiger partial charge in [0.1, 0.15) is 5.82 Å². The fraction of sp³-hybridized carbons (Fsp3) is 0.167. The monoisotopic (exact) mass is 329 g/mol. The van der Waals surface area contributed by atoms with E-state index in [1.165, 1.54) is 6.07 Å². The Morgan fingerprint density at radius 3 is 2.39 bits per heavy atom. The second-order valence-electron chi connectivity index (χ2n) is 5.40. The summed E-state index contributed by atoms with van der Waals surface area (Å²) in [6.07, 6.45) is 0.931. The van der Waals surface area contributed by atoms with Gasteiger partial charge in [0, 0.05) is 23.3 Å². The molecule has 1 aliphatic rings. The van der Waals surface area contributed by atoms with E-state index >= 15 is 0 Å². The molecular weight excluding hydrogens is 315 g/mol.